The van der Waals surface area contributed by atoms with Crippen LogP contribution in [0.15, 0.2) is 52.8 Å². The Morgan fingerprint density at radius 1 is 1.20 bits per heavy atom. The molecule has 1 unspecified atom stereocenters. The van der Waals surface area contributed by atoms with Crippen molar-refractivity contribution in [3.63, 3.8) is 0 Å². The third-order valence-electron chi connectivity index (χ3n) is 5.39. The van der Waals surface area contributed by atoms with E-state index in [1.54, 1.807) is 23.7 Å². The SMILES string of the molecule is CNC(C)c1cnc(F)cc1-c1cccc2cc(-c3nc(NCCN=C/C=N\N)ncc3Cl)sc12. The smallest absolute Gasteiger partial charge is 0.223 e. The van der Waals surface area contributed by atoms with Crippen molar-refractivity contribution >= 4 is 51.4 Å². The van der Waals surface area contributed by atoms with Gasteiger partial charge in [0.2, 0.25) is 11.9 Å². The van der Waals surface area contributed by atoms with Crippen molar-refractivity contribution in [2.45, 2.75) is 13.0 Å². The maximum atomic E-state index is 14.2. The summed E-state index contributed by atoms with van der Waals surface area (Å²) in [5.74, 6) is 4.96. The second-order valence-corrected chi connectivity index (χ2v) is 9.07. The second kappa shape index (κ2) is 11.3. The molecule has 0 bridgehead atoms. The summed E-state index contributed by atoms with van der Waals surface area (Å²) in [5.41, 5.74) is 3.28. The molecule has 0 aliphatic heterocycles. The average molecular weight is 511 g/mol. The Morgan fingerprint density at radius 2 is 2.06 bits per heavy atom. The summed E-state index contributed by atoms with van der Waals surface area (Å²) in [6.07, 6.45) is 6.11. The lowest BCUT2D eigenvalue weighted by atomic mass is 9.97. The Morgan fingerprint density at radius 3 is 2.86 bits per heavy atom. The third kappa shape index (κ3) is 5.61. The molecule has 0 radical (unpaired) electrons. The first-order valence-corrected chi connectivity index (χ1v) is 12.0. The van der Waals surface area contributed by atoms with Gasteiger partial charge in [-0.25, -0.2) is 15.0 Å². The summed E-state index contributed by atoms with van der Waals surface area (Å²) in [5, 5.41) is 11.2. The zero-order valence-corrected chi connectivity index (χ0v) is 20.7. The van der Waals surface area contributed by atoms with Gasteiger partial charge in [-0.05, 0) is 36.6 Å². The highest BCUT2D eigenvalue weighted by Crippen LogP contribution is 2.42. The Bertz CT molecular complexity index is 1390. The first-order chi connectivity index (χ1) is 17.0. The number of fused-ring (bicyclic) bond motifs is 1. The van der Waals surface area contributed by atoms with Crippen LogP contribution in [0.3, 0.4) is 0 Å². The molecule has 3 heterocycles. The van der Waals surface area contributed by atoms with Gasteiger partial charge in [0.15, 0.2) is 0 Å². The second-order valence-electron chi connectivity index (χ2n) is 7.61. The fraction of sp³-hybridized carbons (Fsp3) is 0.208. The lowest BCUT2D eigenvalue weighted by Crippen LogP contribution is -2.14. The van der Waals surface area contributed by atoms with Crippen LogP contribution in [0.5, 0.6) is 0 Å². The molecule has 35 heavy (non-hydrogen) atoms. The molecule has 0 amide bonds. The molecule has 0 aliphatic rings. The van der Waals surface area contributed by atoms with Crippen molar-refractivity contribution in [3.8, 4) is 21.7 Å². The number of nitrogens with zero attached hydrogens (tertiary/aromatic N) is 5. The predicted octanol–water partition coefficient (Wildman–Crippen LogP) is 4.92. The standard InChI is InChI=1S/C24H24ClFN8S/c1-14(28-2)18-12-31-21(26)11-17(18)16-5-3-4-15-10-20(35-23(15)16)22-19(25)13-32-24(34-22)30-8-6-29-7-9-33-27/h3-5,7,9-14,28H,6,8,27H2,1-2H3,(H,30,32,34)/b29-7?,33-9-. The molecule has 0 saturated heterocycles. The highest BCUT2D eigenvalue weighted by atomic mass is 35.5. The van der Waals surface area contributed by atoms with Gasteiger partial charge in [0.1, 0.15) is 5.69 Å². The Kier molecular flexibility index (Phi) is 7.96. The van der Waals surface area contributed by atoms with Gasteiger partial charge in [0.05, 0.1) is 28.9 Å². The van der Waals surface area contributed by atoms with E-state index in [0.717, 1.165) is 31.7 Å². The molecule has 4 rings (SSSR count). The van der Waals surface area contributed by atoms with Crippen LogP contribution in [0.25, 0.3) is 31.8 Å². The topological polar surface area (TPSA) is 113 Å². The molecular weight excluding hydrogens is 487 g/mol. The van der Waals surface area contributed by atoms with Crippen LogP contribution in [-0.4, -0.2) is 47.5 Å². The molecule has 0 fully saturated rings. The molecule has 8 nitrogen and oxygen atoms in total. The zero-order valence-electron chi connectivity index (χ0n) is 19.2. The molecule has 4 N–H and O–H groups in total. The summed E-state index contributed by atoms with van der Waals surface area (Å²) >= 11 is 8.03. The minimum absolute atomic E-state index is 0.00431. The molecule has 4 aromatic rings. The van der Waals surface area contributed by atoms with E-state index in [1.165, 1.54) is 18.5 Å². The normalized spacial score (nSPS) is 12.7. The number of thiophene rings is 1. The highest BCUT2D eigenvalue weighted by Gasteiger charge is 2.18. The lowest BCUT2D eigenvalue weighted by Gasteiger charge is -2.16. The monoisotopic (exact) mass is 510 g/mol. The number of nitrogens with one attached hydrogen (secondary N) is 2. The van der Waals surface area contributed by atoms with E-state index < -0.39 is 5.95 Å². The number of hydrogen-bond acceptors (Lipinski definition) is 9. The van der Waals surface area contributed by atoms with Gasteiger partial charge in [0.25, 0.3) is 0 Å². The third-order valence-corrected chi connectivity index (χ3v) is 6.86. The molecule has 3 aromatic heterocycles. The molecule has 0 aliphatic carbocycles. The van der Waals surface area contributed by atoms with Gasteiger partial charge in [-0.2, -0.15) is 9.49 Å². The van der Waals surface area contributed by atoms with Crippen LogP contribution < -0.4 is 16.5 Å². The van der Waals surface area contributed by atoms with Crippen molar-refractivity contribution in [1.29, 1.82) is 0 Å². The summed E-state index contributed by atoms with van der Waals surface area (Å²) in [6.45, 7) is 3.06. The summed E-state index contributed by atoms with van der Waals surface area (Å²) in [4.78, 5) is 17.8. The molecule has 11 heteroatoms. The number of anilines is 1. The van der Waals surface area contributed by atoms with Crippen molar-refractivity contribution in [3.05, 3.63) is 59.3 Å². The van der Waals surface area contributed by atoms with E-state index in [0.29, 0.717) is 29.8 Å². The van der Waals surface area contributed by atoms with Gasteiger partial charge >= 0.3 is 0 Å². The van der Waals surface area contributed by atoms with Crippen molar-refractivity contribution in [2.75, 3.05) is 25.5 Å². The number of pyridine rings is 1. The summed E-state index contributed by atoms with van der Waals surface area (Å²) < 4.78 is 15.2. The number of aliphatic imine (C=N–C) groups is 1. The predicted molar refractivity (Wildman–Crippen MR) is 143 cm³/mol. The minimum atomic E-state index is -0.518. The largest absolute Gasteiger partial charge is 0.352 e. The first kappa shape index (κ1) is 24.6. The Labute approximate surface area is 211 Å². The van der Waals surface area contributed by atoms with Crippen LogP contribution in [0, 0.1) is 5.95 Å². The van der Waals surface area contributed by atoms with Gasteiger partial charge < -0.3 is 16.5 Å². The van der Waals surface area contributed by atoms with E-state index in [2.05, 4.69) is 35.7 Å². The minimum Gasteiger partial charge on any atom is -0.352 e. The number of hydrazone groups is 1. The quantitative estimate of drug-likeness (QED) is 0.0968. The first-order valence-electron chi connectivity index (χ1n) is 10.9. The maximum Gasteiger partial charge on any atom is 0.223 e. The van der Waals surface area contributed by atoms with E-state index in [1.807, 2.05) is 38.2 Å². The molecular formula is C24H24ClFN8S. The molecule has 180 valence electrons. The van der Waals surface area contributed by atoms with Crippen molar-refractivity contribution in [2.24, 2.45) is 15.9 Å². The van der Waals surface area contributed by atoms with Gasteiger partial charge in [-0.1, -0.05) is 29.8 Å². The van der Waals surface area contributed by atoms with E-state index >= 15 is 0 Å². The van der Waals surface area contributed by atoms with Gasteiger partial charge in [-0.15, -0.1) is 11.3 Å². The zero-order chi connectivity index (χ0) is 24.8. The van der Waals surface area contributed by atoms with Crippen LogP contribution in [0.4, 0.5) is 10.3 Å². The van der Waals surface area contributed by atoms with Crippen LogP contribution in [0.2, 0.25) is 5.02 Å². The van der Waals surface area contributed by atoms with Gasteiger partial charge in [0, 0.05) is 41.3 Å². The van der Waals surface area contributed by atoms with Crippen molar-refractivity contribution < 1.29 is 4.39 Å². The number of rotatable bonds is 9. The Hall–Kier alpha value is -3.47. The number of aromatic nitrogens is 3. The van der Waals surface area contributed by atoms with E-state index in [4.69, 9.17) is 17.4 Å². The van der Waals surface area contributed by atoms with Crippen LogP contribution in [-0.2, 0) is 0 Å². The molecule has 1 aromatic carbocycles. The average Bonchev–Trinajstić information content (AvgIpc) is 3.31. The number of benzene rings is 1. The molecule has 0 spiro atoms. The molecule has 1 atom stereocenters. The lowest BCUT2D eigenvalue weighted by molar-refractivity contribution is 0.577. The van der Waals surface area contributed by atoms with Gasteiger partial charge in [-0.3, -0.25) is 4.99 Å². The van der Waals surface area contributed by atoms with E-state index in [9.17, 15) is 4.39 Å². The molecule has 0 saturated carbocycles. The number of halogens is 2. The van der Waals surface area contributed by atoms with Crippen molar-refractivity contribution in [1.82, 2.24) is 20.3 Å². The van der Waals surface area contributed by atoms with E-state index in [-0.39, 0.29) is 6.04 Å². The fourth-order valence-electron chi connectivity index (χ4n) is 3.58. The van der Waals surface area contributed by atoms with Crippen LogP contribution >= 0.6 is 22.9 Å². The highest BCUT2D eigenvalue weighted by molar-refractivity contribution is 7.22. The van der Waals surface area contributed by atoms with Crippen LogP contribution in [0.1, 0.15) is 18.5 Å². The summed E-state index contributed by atoms with van der Waals surface area (Å²) in [6, 6.07) is 9.51. The number of nitrogens with two attached hydrogens (primary N) is 1. The fourth-order valence-corrected chi connectivity index (χ4v) is 5.02. The summed E-state index contributed by atoms with van der Waals surface area (Å²) in [7, 11) is 1.87. The number of hydrogen-bond donors (Lipinski definition) is 3. The maximum absolute atomic E-state index is 14.2. The Balaban J connectivity index is 1.70.